The van der Waals surface area contributed by atoms with Crippen molar-refractivity contribution in [3.05, 3.63) is 20.8 Å². The average molecular weight is 356 g/mol. The van der Waals surface area contributed by atoms with Crippen LogP contribution in [0, 0.1) is 11.8 Å². The number of aryl methyl sites for hydroxylation is 1. The predicted octanol–water partition coefficient (Wildman–Crippen LogP) is 1.95. The van der Waals surface area contributed by atoms with E-state index in [9.17, 15) is 9.59 Å². The van der Waals surface area contributed by atoms with E-state index in [0.29, 0.717) is 42.4 Å². The van der Waals surface area contributed by atoms with Crippen molar-refractivity contribution in [1.29, 1.82) is 0 Å². The van der Waals surface area contributed by atoms with E-state index in [4.69, 9.17) is 11.6 Å². The van der Waals surface area contributed by atoms with Crippen LogP contribution in [0.1, 0.15) is 27.7 Å². The molecule has 7 nitrogen and oxygen atoms in total. The summed E-state index contributed by atoms with van der Waals surface area (Å²) in [5.41, 5.74) is -0.171. The highest BCUT2D eigenvalue weighted by Gasteiger charge is 2.22. The topological polar surface area (TPSA) is 73.8 Å². The third-order valence-electron chi connectivity index (χ3n) is 3.74. The molecule has 0 fully saturated rings. The maximum absolute atomic E-state index is 12.9. The molecule has 2 heterocycles. The summed E-state index contributed by atoms with van der Waals surface area (Å²) in [6.45, 7) is 9.39. The Kier molecular flexibility index (Phi) is 5.74. The minimum atomic E-state index is -0.298. The Labute approximate surface area is 146 Å². The zero-order valence-corrected chi connectivity index (χ0v) is 15.7. The average Bonchev–Trinajstić information content (AvgIpc) is 2.86. The van der Waals surface area contributed by atoms with Crippen molar-refractivity contribution >= 4 is 28.5 Å². The van der Waals surface area contributed by atoms with E-state index in [1.807, 2.05) is 27.7 Å². The van der Waals surface area contributed by atoms with Crippen molar-refractivity contribution in [2.24, 2.45) is 11.8 Å². The zero-order chi connectivity index (χ0) is 18.0. The monoisotopic (exact) mass is 355 g/mol. The number of anilines is 1. The molecule has 134 valence electrons. The van der Waals surface area contributed by atoms with E-state index >= 15 is 0 Å². The quantitative estimate of drug-likeness (QED) is 0.770. The number of hydrogen-bond acceptors (Lipinski definition) is 4. The minimum absolute atomic E-state index is 0.191. The molecule has 0 atom stereocenters. The molecule has 0 amide bonds. The largest absolute Gasteiger partial charge is 0.373 e. The van der Waals surface area contributed by atoms with Gasteiger partial charge in [-0.3, -0.25) is 13.9 Å². The van der Waals surface area contributed by atoms with Crippen LogP contribution < -0.4 is 16.6 Å². The zero-order valence-electron chi connectivity index (χ0n) is 15.0. The number of fused-ring (bicyclic) bond motifs is 1. The van der Waals surface area contributed by atoms with Crippen molar-refractivity contribution in [1.82, 2.24) is 18.9 Å². The summed E-state index contributed by atoms with van der Waals surface area (Å²) in [7, 11) is 1.74. The number of hydrogen-bond donors (Lipinski definition) is 1. The summed E-state index contributed by atoms with van der Waals surface area (Å²) in [6, 6.07) is 0. The Morgan fingerprint density at radius 1 is 1.08 bits per heavy atom. The lowest BCUT2D eigenvalue weighted by Gasteiger charge is -2.14. The first-order chi connectivity index (χ1) is 11.3. The molecule has 8 heteroatoms. The fraction of sp³-hybridized carbons (Fsp3) is 0.688. The van der Waals surface area contributed by atoms with Gasteiger partial charge in [-0.05, 0) is 11.8 Å². The van der Waals surface area contributed by atoms with Crippen LogP contribution >= 0.6 is 11.6 Å². The Bertz CT molecular complexity index is 832. The summed E-state index contributed by atoms with van der Waals surface area (Å²) >= 11 is 5.85. The lowest BCUT2D eigenvalue weighted by Crippen LogP contribution is -2.41. The van der Waals surface area contributed by atoms with E-state index < -0.39 is 0 Å². The standard InChI is InChI=1S/C16H26ClN5O2/c1-10(2)8-20-14-12(13(18-5)22(19-14)7-6-17)15(23)21(16(20)24)9-11(3)4/h10-11,18H,6-9H2,1-5H3. The SMILES string of the molecule is CNc1c2c(=O)n(CC(C)C)c(=O)n(CC(C)C)c2nn1CCCl. The van der Waals surface area contributed by atoms with E-state index in [2.05, 4.69) is 10.4 Å². The highest BCUT2D eigenvalue weighted by atomic mass is 35.5. The number of nitrogens with one attached hydrogen (secondary N) is 1. The van der Waals surface area contributed by atoms with Crippen LogP contribution in [0.25, 0.3) is 11.0 Å². The maximum atomic E-state index is 12.9. The molecule has 24 heavy (non-hydrogen) atoms. The van der Waals surface area contributed by atoms with Gasteiger partial charge < -0.3 is 5.32 Å². The molecule has 0 saturated heterocycles. The lowest BCUT2D eigenvalue weighted by molar-refractivity contribution is 0.450. The molecule has 2 aromatic rings. The minimum Gasteiger partial charge on any atom is -0.373 e. The van der Waals surface area contributed by atoms with Crippen LogP contribution in [0.2, 0.25) is 0 Å². The molecule has 0 bridgehead atoms. The predicted molar refractivity (Wildman–Crippen MR) is 98.2 cm³/mol. The van der Waals surface area contributed by atoms with Gasteiger partial charge in [0.05, 0.1) is 6.54 Å². The van der Waals surface area contributed by atoms with Crippen molar-refractivity contribution in [2.75, 3.05) is 18.2 Å². The van der Waals surface area contributed by atoms with Gasteiger partial charge in [-0.1, -0.05) is 27.7 Å². The third kappa shape index (κ3) is 3.36. The van der Waals surface area contributed by atoms with Gasteiger partial charge in [-0.25, -0.2) is 9.48 Å². The Hall–Kier alpha value is -1.76. The van der Waals surface area contributed by atoms with Gasteiger partial charge in [-0.15, -0.1) is 11.6 Å². The second-order valence-electron chi connectivity index (χ2n) is 6.81. The van der Waals surface area contributed by atoms with E-state index in [1.165, 1.54) is 4.57 Å². The third-order valence-corrected chi connectivity index (χ3v) is 3.91. The number of alkyl halides is 1. The smallest absolute Gasteiger partial charge is 0.332 e. The molecule has 0 aliphatic carbocycles. The highest BCUT2D eigenvalue weighted by Crippen LogP contribution is 2.19. The van der Waals surface area contributed by atoms with E-state index in [1.54, 1.807) is 16.3 Å². The molecule has 0 spiro atoms. The molecule has 1 N–H and O–H groups in total. The lowest BCUT2D eigenvalue weighted by atomic mass is 10.2. The molecule has 0 aromatic carbocycles. The van der Waals surface area contributed by atoms with Crippen LogP contribution in [0.4, 0.5) is 5.82 Å². The summed E-state index contributed by atoms with van der Waals surface area (Å²) in [5, 5.41) is 7.97. The van der Waals surface area contributed by atoms with Crippen LogP contribution in [0.15, 0.2) is 9.59 Å². The number of rotatable bonds is 7. The normalized spacial score (nSPS) is 11.8. The van der Waals surface area contributed by atoms with Gasteiger partial charge in [0.2, 0.25) is 0 Å². The number of aromatic nitrogens is 4. The second-order valence-corrected chi connectivity index (χ2v) is 7.18. The van der Waals surface area contributed by atoms with Crippen molar-refractivity contribution in [3.8, 4) is 0 Å². The van der Waals surface area contributed by atoms with E-state index in [0.717, 1.165) is 0 Å². The molecular formula is C16H26ClN5O2. The summed E-state index contributed by atoms with van der Waals surface area (Å²) in [4.78, 5) is 25.8. The van der Waals surface area contributed by atoms with Gasteiger partial charge in [0.1, 0.15) is 11.2 Å². The van der Waals surface area contributed by atoms with Crippen molar-refractivity contribution in [3.63, 3.8) is 0 Å². The fourth-order valence-electron chi connectivity index (χ4n) is 2.85. The van der Waals surface area contributed by atoms with Crippen LogP contribution in [0.3, 0.4) is 0 Å². The number of nitrogens with zero attached hydrogens (tertiary/aromatic N) is 4. The van der Waals surface area contributed by atoms with Gasteiger partial charge >= 0.3 is 5.69 Å². The molecule has 0 unspecified atom stereocenters. The van der Waals surface area contributed by atoms with Gasteiger partial charge in [-0.2, -0.15) is 5.10 Å². The molecule has 2 rings (SSSR count). The van der Waals surface area contributed by atoms with Crippen molar-refractivity contribution in [2.45, 2.75) is 47.3 Å². The first-order valence-electron chi connectivity index (χ1n) is 8.29. The Balaban J connectivity index is 2.90. The molecule has 0 radical (unpaired) electrons. The fourth-order valence-corrected chi connectivity index (χ4v) is 3.01. The highest BCUT2D eigenvalue weighted by molar-refractivity contribution is 6.17. The van der Waals surface area contributed by atoms with Crippen molar-refractivity contribution < 1.29 is 0 Å². The number of halogens is 1. The second kappa shape index (κ2) is 7.42. The van der Waals surface area contributed by atoms with Gasteiger partial charge in [0.15, 0.2) is 5.65 Å². The maximum Gasteiger partial charge on any atom is 0.332 e. The summed E-state index contributed by atoms with van der Waals surface area (Å²) in [6.07, 6.45) is 0. The van der Waals surface area contributed by atoms with Gasteiger partial charge in [0, 0.05) is 26.0 Å². The molecule has 0 aliphatic heterocycles. The Morgan fingerprint density at radius 3 is 2.17 bits per heavy atom. The summed E-state index contributed by atoms with van der Waals surface area (Å²) < 4.78 is 4.59. The van der Waals surface area contributed by atoms with Crippen LogP contribution in [-0.2, 0) is 19.6 Å². The Morgan fingerprint density at radius 2 is 1.67 bits per heavy atom. The van der Waals surface area contributed by atoms with Crippen LogP contribution in [0.5, 0.6) is 0 Å². The van der Waals surface area contributed by atoms with Crippen LogP contribution in [-0.4, -0.2) is 31.8 Å². The molecule has 0 aliphatic rings. The molecule has 0 saturated carbocycles. The van der Waals surface area contributed by atoms with Gasteiger partial charge in [0.25, 0.3) is 5.56 Å². The first-order valence-corrected chi connectivity index (χ1v) is 8.83. The first kappa shape index (κ1) is 18.6. The summed E-state index contributed by atoms with van der Waals surface area (Å²) in [5.74, 6) is 1.42. The van der Waals surface area contributed by atoms with E-state index in [-0.39, 0.29) is 23.1 Å². The molecule has 2 aromatic heterocycles. The molecular weight excluding hydrogens is 330 g/mol.